The number of nitrogens with zero attached hydrogens (tertiary/aromatic N) is 1. The molecule has 0 N–H and O–H groups in total. The van der Waals surface area contributed by atoms with Gasteiger partial charge in [0.15, 0.2) is 0 Å². The van der Waals surface area contributed by atoms with Gasteiger partial charge in [-0.25, -0.2) is 0 Å². The van der Waals surface area contributed by atoms with E-state index in [2.05, 4.69) is 15.9 Å². The van der Waals surface area contributed by atoms with Crippen LogP contribution in [0.5, 0.6) is 0 Å². The molecule has 0 spiro atoms. The van der Waals surface area contributed by atoms with Gasteiger partial charge >= 0.3 is 0 Å². The lowest BCUT2D eigenvalue weighted by Crippen LogP contribution is -2.26. The van der Waals surface area contributed by atoms with Crippen LogP contribution in [0.15, 0.2) is 46.9 Å². The number of amides is 1. The molecule has 0 radical (unpaired) electrons. The minimum absolute atomic E-state index is 0.0765. The molecule has 0 fully saturated rings. The second-order valence-electron chi connectivity index (χ2n) is 4.32. The third kappa shape index (κ3) is 3.17. The van der Waals surface area contributed by atoms with Crippen molar-refractivity contribution in [2.24, 2.45) is 0 Å². The molecule has 1 amide bonds. The van der Waals surface area contributed by atoms with Crippen LogP contribution in [-0.4, -0.2) is 13.0 Å². The Morgan fingerprint density at radius 3 is 2.37 bits per heavy atom. The van der Waals surface area contributed by atoms with Gasteiger partial charge in [0, 0.05) is 22.2 Å². The van der Waals surface area contributed by atoms with Gasteiger partial charge < -0.3 is 4.90 Å². The second-order valence-corrected chi connectivity index (χ2v) is 5.61. The van der Waals surface area contributed by atoms with E-state index in [1.165, 1.54) is 0 Å². The highest BCUT2D eigenvalue weighted by molar-refractivity contribution is 9.10. The lowest BCUT2D eigenvalue weighted by molar-refractivity contribution is 0.0992. The molecular weight excluding hydrogens is 326 g/mol. The van der Waals surface area contributed by atoms with Crippen LogP contribution in [0.25, 0.3) is 0 Å². The number of aryl methyl sites for hydroxylation is 1. The maximum absolute atomic E-state index is 12.4. The molecule has 0 unspecified atom stereocenters. The molecular formula is C15H13BrClNO. The van der Waals surface area contributed by atoms with Crippen LogP contribution in [0.3, 0.4) is 0 Å². The van der Waals surface area contributed by atoms with Crippen LogP contribution in [-0.2, 0) is 0 Å². The number of hydrogen-bond donors (Lipinski definition) is 0. The first-order valence-corrected chi connectivity index (χ1v) is 6.96. The van der Waals surface area contributed by atoms with E-state index in [4.69, 9.17) is 11.6 Å². The Balaban J connectivity index is 2.30. The lowest BCUT2D eigenvalue weighted by atomic mass is 10.1. The van der Waals surface area contributed by atoms with Crippen LogP contribution >= 0.6 is 27.5 Å². The van der Waals surface area contributed by atoms with E-state index in [-0.39, 0.29) is 5.91 Å². The van der Waals surface area contributed by atoms with Gasteiger partial charge in [0.25, 0.3) is 5.91 Å². The molecule has 19 heavy (non-hydrogen) atoms. The van der Waals surface area contributed by atoms with Gasteiger partial charge in [0.05, 0.1) is 5.56 Å². The van der Waals surface area contributed by atoms with Crippen molar-refractivity contribution in [3.63, 3.8) is 0 Å². The van der Waals surface area contributed by atoms with Crippen molar-refractivity contribution in [2.45, 2.75) is 6.92 Å². The Kier molecular flexibility index (Phi) is 4.27. The number of benzene rings is 2. The molecule has 0 aliphatic rings. The summed E-state index contributed by atoms with van der Waals surface area (Å²) in [7, 11) is 1.76. The van der Waals surface area contributed by atoms with Crippen LogP contribution in [0.1, 0.15) is 15.9 Å². The molecule has 0 aliphatic carbocycles. The highest BCUT2D eigenvalue weighted by atomic mass is 79.9. The molecule has 4 heteroatoms. The van der Waals surface area contributed by atoms with Crippen molar-refractivity contribution >= 4 is 39.1 Å². The van der Waals surface area contributed by atoms with Crippen molar-refractivity contribution in [2.75, 3.05) is 11.9 Å². The monoisotopic (exact) mass is 337 g/mol. The zero-order valence-electron chi connectivity index (χ0n) is 10.7. The van der Waals surface area contributed by atoms with Crippen LogP contribution < -0.4 is 4.90 Å². The quantitative estimate of drug-likeness (QED) is 0.778. The maximum atomic E-state index is 12.4. The van der Waals surface area contributed by atoms with E-state index < -0.39 is 0 Å². The molecule has 0 saturated carbocycles. The second kappa shape index (κ2) is 5.76. The predicted octanol–water partition coefficient (Wildman–Crippen LogP) is 4.69. The summed E-state index contributed by atoms with van der Waals surface area (Å²) >= 11 is 9.25. The molecule has 0 saturated heterocycles. The third-order valence-electron chi connectivity index (χ3n) is 2.89. The first-order chi connectivity index (χ1) is 8.99. The topological polar surface area (TPSA) is 20.3 Å². The molecule has 98 valence electrons. The summed E-state index contributed by atoms with van der Waals surface area (Å²) in [6.45, 7) is 2.02. The van der Waals surface area contributed by atoms with E-state index >= 15 is 0 Å². The van der Waals surface area contributed by atoms with Crippen molar-refractivity contribution in [3.05, 3.63) is 63.1 Å². The number of hydrogen-bond acceptors (Lipinski definition) is 1. The molecule has 0 bridgehead atoms. The highest BCUT2D eigenvalue weighted by Crippen LogP contribution is 2.24. The predicted molar refractivity (Wildman–Crippen MR) is 83.1 cm³/mol. The Morgan fingerprint density at radius 1 is 1.16 bits per heavy atom. The summed E-state index contributed by atoms with van der Waals surface area (Å²) in [5.74, 6) is -0.0765. The van der Waals surface area contributed by atoms with Gasteiger partial charge in [0.1, 0.15) is 0 Å². The first kappa shape index (κ1) is 14.1. The molecule has 2 aromatic carbocycles. The average Bonchev–Trinajstić information content (AvgIpc) is 2.38. The first-order valence-electron chi connectivity index (χ1n) is 5.79. The zero-order chi connectivity index (χ0) is 14.0. The van der Waals surface area contributed by atoms with E-state index in [0.29, 0.717) is 15.1 Å². The van der Waals surface area contributed by atoms with Gasteiger partial charge in [-0.1, -0.05) is 29.3 Å². The summed E-state index contributed by atoms with van der Waals surface area (Å²) in [5, 5.41) is 0.599. The number of halogens is 2. The third-order valence-corrected chi connectivity index (χ3v) is 3.78. The number of anilines is 1. The van der Waals surface area contributed by atoms with E-state index in [1.807, 2.05) is 31.2 Å². The van der Waals surface area contributed by atoms with Gasteiger partial charge in [-0.15, -0.1) is 0 Å². The fourth-order valence-corrected chi connectivity index (χ4v) is 2.58. The number of rotatable bonds is 2. The Labute approximate surface area is 126 Å². The molecule has 2 aromatic rings. The van der Waals surface area contributed by atoms with E-state index in [9.17, 15) is 4.79 Å². The molecule has 0 heterocycles. The summed E-state index contributed by atoms with van der Waals surface area (Å²) in [6, 6.07) is 13.0. The largest absolute Gasteiger partial charge is 0.311 e. The Morgan fingerprint density at radius 2 is 1.79 bits per heavy atom. The summed E-state index contributed by atoms with van der Waals surface area (Å²) in [5.41, 5.74) is 2.61. The van der Waals surface area contributed by atoms with Crippen LogP contribution in [0, 0.1) is 6.92 Å². The molecule has 0 atom stereocenters. The highest BCUT2D eigenvalue weighted by Gasteiger charge is 2.16. The minimum Gasteiger partial charge on any atom is -0.311 e. The lowest BCUT2D eigenvalue weighted by Gasteiger charge is -2.18. The number of carbonyl (C=O) groups excluding carboxylic acids is 1. The van der Waals surface area contributed by atoms with E-state index in [1.54, 1.807) is 30.1 Å². The molecule has 2 rings (SSSR count). The molecule has 0 aromatic heterocycles. The smallest absolute Gasteiger partial charge is 0.259 e. The van der Waals surface area contributed by atoms with Gasteiger partial charge in [-0.05, 0) is 53.2 Å². The van der Waals surface area contributed by atoms with Crippen molar-refractivity contribution in [1.82, 2.24) is 0 Å². The Hall–Kier alpha value is -1.32. The summed E-state index contributed by atoms with van der Waals surface area (Å²) in [6.07, 6.45) is 0. The summed E-state index contributed by atoms with van der Waals surface area (Å²) < 4.78 is 0.698. The van der Waals surface area contributed by atoms with Crippen molar-refractivity contribution in [3.8, 4) is 0 Å². The van der Waals surface area contributed by atoms with Gasteiger partial charge in [0.2, 0.25) is 0 Å². The molecule has 2 nitrogen and oxygen atoms in total. The SMILES string of the molecule is Cc1ccc(N(C)C(=O)c2ccc(Cl)cc2Br)cc1. The zero-order valence-corrected chi connectivity index (χ0v) is 13.0. The minimum atomic E-state index is -0.0765. The van der Waals surface area contributed by atoms with Crippen LogP contribution in [0.4, 0.5) is 5.69 Å². The standard InChI is InChI=1S/C15H13BrClNO/c1-10-3-6-12(7-4-10)18(2)15(19)13-8-5-11(17)9-14(13)16/h3-9H,1-2H3. The normalized spacial score (nSPS) is 10.3. The fraction of sp³-hybridized carbons (Fsp3) is 0.133. The average molecular weight is 339 g/mol. The van der Waals surface area contributed by atoms with E-state index in [0.717, 1.165) is 11.3 Å². The van der Waals surface area contributed by atoms with Crippen molar-refractivity contribution < 1.29 is 4.79 Å². The summed E-state index contributed by atoms with van der Waals surface area (Å²) in [4.78, 5) is 14.0. The van der Waals surface area contributed by atoms with Gasteiger partial charge in [-0.3, -0.25) is 4.79 Å². The van der Waals surface area contributed by atoms with Crippen molar-refractivity contribution in [1.29, 1.82) is 0 Å². The maximum Gasteiger partial charge on any atom is 0.259 e. The van der Waals surface area contributed by atoms with Crippen LogP contribution in [0.2, 0.25) is 5.02 Å². The Bertz CT molecular complexity index is 610. The fourth-order valence-electron chi connectivity index (χ4n) is 1.73. The molecule has 0 aliphatic heterocycles. The van der Waals surface area contributed by atoms with Gasteiger partial charge in [-0.2, -0.15) is 0 Å². The number of carbonyl (C=O) groups is 1.